The van der Waals surface area contributed by atoms with Gasteiger partial charge in [-0.1, -0.05) is 12.1 Å². The van der Waals surface area contributed by atoms with Crippen molar-refractivity contribution in [3.05, 3.63) is 58.3 Å². The van der Waals surface area contributed by atoms with Gasteiger partial charge in [-0.05, 0) is 68.1 Å². The fourth-order valence-corrected chi connectivity index (χ4v) is 4.83. The van der Waals surface area contributed by atoms with Crippen LogP contribution < -0.4 is 16.2 Å². The van der Waals surface area contributed by atoms with Gasteiger partial charge in [-0.25, -0.2) is 4.39 Å². The number of rotatable bonds is 8. The summed E-state index contributed by atoms with van der Waals surface area (Å²) in [5, 5.41) is 15.6. The van der Waals surface area contributed by atoms with E-state index in [0.717, 1.165) is 25.8 Å². The van der Waals surface area contributed by atoms with E-state index in [1.807, 2.05) is 19.0 Å². The summed E-state index contributed by atoms with van der Waals surface area (Å²) < 4.78 is 16.5. The van der Waals surface area contributed by atoms with E-state index in [2.05, 4.69) is 16.7 Å². The molecule has 1 aromatic carbocycles. The fraction of sp³-hybridized carbons (Fsp3) is 0.480. The Morgan fingerprint density at radius 1 is 1.30 bits per heavy atom. The number of fused-ring (bicyclic) bond motifs is 2. The first-order valence-electron chi connectivity index (χ1n) is 11.4. The second-order valence-electron chi connectivity index (χ2n) is 9.37. The SMILES string of the molecule is CN(C)CCn1ccc(-c2ccc(C[C@@H](C#N)NC(=O)[C@H]3N[C@@H]4CC[C@H]3C4)c(F)c2)cc1=O. The van der Waals surface area contributed by atoms with E-state index >= 15 is 0 Å². The number of halogens is 1. The van der Waals surface area contributed by atoms with Gasteiger partial charge in [0.25, 0.3) is 5.56 Å². The lowest BCUT2D eigenvalue weighted by atomic mass is 9.98. The van der Waals surface area contributed by atoms with Crippen molar-refractivity contribution < 1.29 is 9.18 Å². The van der Waals surface area contributed by atoms with Crippen molar-refractivity contribution >= 4 is 5.91 Å². The minimum atomic E-state index is -0.806. The summed E-state index contributed by atoms with van der Waals surface area (Å²) in [4.78, 5) is 27.0. The summed E-state index contributed by atoms with van der Waals surface area (Å²) >= 11 is 0. The van der Waals surface area contributed by atoms with E-state index < -0.39 is 11.9 Å². The highest BCUT2D eigenvalue weighted by atomic mass is 19.1. The van der Waals surface area contributed by atoms with Crippen LogP contribution in [-0.4, -0.2) is 54.1 Å². The molecule has 2 fully saturated rings. The van der Waals surface area contributed by atoms with Gasteiger partial charge in [0.1, 0.15) is 11.9 Å². The first-order valence-corrected chi connectivity index (χ1v) is 11.4. The number of nitrogens with one attached hydrogen (secondary N) is 2. The predicted molar refractivity (Wildman–Crippen MR) is 124 cm³/mol. The van der Waals surface area contributed by atoms with Crippen molar-refractivity contribution in [2.45, 2.75) is 50.4 Å². The summed E-state index contributed by atoms with van der Waals surface area (Å²) in [6, 6.07) is 9.45. The second kappa shape index (κ2) is 9.86. The van der Waals surface area contributed by atoms with E-state index in [1.54, 1.807) is 29.0 Å². The Morgan fingerprint density at radius 3 is 2.70 bits per heavy atom. The van der Waals surface area contributed by atoms with Crippen molar-refractivity contribution in [2.75, 3.05) is 20.6 Å². The van der Waals surface area contributed by atoms with Gasteiger partial charge < -0.3 is 20.1 Å². The van der Waals surface area contributed by atoms with Crippen LogP contribution in [0.5, 0.6) is 0 Å². The zero-order chi connectivity index (χ0) is 23.5. The maximum Gasteiger partial charge on any atom is 0.251 e. The Labute approximate surface area is 193 Å². The molecule has 1 aliphatic heterocycles. The number of benzene rings is 1. The van der Waals surface area contributed by atoms with Crippen LogP contribution in [0.1, 0.15) is 24.8 Å². The predicted octanol–water partition coefficient (Wildman–Crippen LogP) is 1.91. The molecule has 1 amide bonds. The minimum Gasteiger partial charge on any atom is -0.339 e. The van der Waals surface area contributed by atoms with Gasteiger partial charge in [0.05, 0.1) is 12.1 Å². The zero-order valence-electron chi connectivity index (χ0n) is 19.1. The van der Waals surface area contributed by atoms with E-state index in [0.29, 0.717) is 35.2 Å². The molecule has 4 atom stereocenters. The molecular formula is C25H30FN5O2. The molecule has 2 aliphatic rings. The lowest BCUT2D eigenvalue weighted by molar-refractivity contribution is -0.124. The molecule has 2 N–H and O–H groups in total. The van der Waals surface area contributed by atoms with E-state index in [4.69, 9.17) is 0 Å². The van der Waals surface area contributed by atoms with Crippen LogP contribution in [0.25, 0.3) is 11.1 Å². The summed E-state index contributed by atoms with van der Waals surface area (Å²) in [6.45, 7) is 1.33. The normalized spacial score (nSPS) is 22.3. The number of hydrogen-bond acceptors (Lipinski definition) is 5. The molecule has 2 heterocycles. The second-order valence-corrected chi connectivity index (χ2v) is 9.37. The van der Waals surface area contributed by atoms with Crippen molar-refractivity contribution in [3.8, 4) is 17.2 Å². The molecule has 1 saturated heterocycles. The number of amides is 1. The lowest BCUT2D eigenvalue weighted by Crippen LogP contribution is -2.50. The number of carbonyl (C=O) groups excluding carboxylic acids is 1. The van der Waals surface area contributed by atoms with Crippen molar-refractivity contribution in [1.82, 2.24) is 20.1 Å². The molecule has 1 saturated carbocycles. The average molecular weight is 452 g/mol. The number of pyridine rings is 1. The highest BCUT2D eigenvalue weighted by Gasteiger charge is 2.43. The van der Waals surface area contributed by atoms with Crippen LogP contribution in [0.4, 0.5) is 4.39 Å². The largest absolute Gasteiger partial charge is 0.339 e. The van der Waals surface area contributed by atoms with Crippen LogP contribution in [0.3, 0.4) is 0 Å². The maximum atomic E-state index is 14.9. The Morgan fingerprint density at radius 2 is 2.09 bits per heavy atom. The average Bonchev–Trinajstić information content (AvgIpc) is 3.42. The third-order valence-electron chi connectivity index (χ3n) is 6.71. The van der Waals surface area contributed by atoms with Crippen molar-refractivity contribution in [3.63, 3.8) is 0 Å². The van der Waals surface area contributed by atoms with Crippen molar-refractivity contribution in [1.29, 1.82) is 5.26 Å². The summed E-state index contributed by atoms with van der Waals surface area (Å²) in [7, 11) is 3.89. The van der Waals surface area contributed by atoms with E-state index in [9.17, 15) is 19.2 Å². The summed E-state index contributed by atoms with van der Waals surface area (Å²) in [5.41, 5.74) is 1.45. The van der Waals surface area contributed by atoms with E-state index in [1.165, 1.54) is 12.1 Å². The third-order valence-corrected chi connectivity index (χ3v) is 6.71. The van der Waals surface area contributed by atoms with Crippen LogP contribution in [0.2, 0.25) is 0 Å². The van der Waals surface area contributed by atoms with Gasteiger partial charge in [0.15, 0.2) is 0 Å². The highest BCUT2D eigenvalue weighted by molar-refractivity contribution is 5.83. The van der Waals surface area contributed by atoms with E-state index in [-0.39, 0.29) is 23.9 Å². The number of aromatic nitrogens is 1. The molecule has 8 heteroatoms. The maximum absolute atomic E-state index is 14.9. The molecule has 2 aromatic rings. The smallest absolute Gasteiger partial charge is 0.251 e. The van der Waals surface area contributed by atoms with Crippen LogP contribution in [0.15, 0.2) is 41.3 Å². The molecule has 33 heavy (non-hydrogen) atoms. The van der Waals surface area contributed by atoms with Gasteiger partial charge in [-0.3, -0.25) is 9.59 Å². The molecule has 2 bridgehead atoms. The number of carbonyl (C=O) groups is 1. The minimum absolute atomic E-state index is 0.0846. The first-order chi connectivity index (χ1) is 15.8. The number of nitriles is 1. The Balaban J connectivity index is 1.41. The van der Waals surface area contributed by atoms with Crippen LogP contribution >= 0.6 is 0 Å². The molecule has 4 rings (SSSR count). The van der Waals surface area contributed by atoms with Gasteiger partial charge in [0.2, 0.25) is 5.91 Å². The Hall–Kier alpha value is -3.02. The number of likely N-dealkylation sites (N-methyl/N-ethyl adjacent to an activating group) is 1. The number of piperidine rings is 1. The molecule has 0 radical (unpaired) electrons. The third kappa shape index (κ3) is 5.32. The Bertz CT molecular complexity index is 1120. The van der Waals surface area contributed by atoms with Crippen molar-refractivity contribution in [2.24, 2.45) is 5.92 Å². The highest BCUT2D eigenvalue weighted by Crippen LogP contribution is 2.35. The summed E-state index contributed by atoms with van der Waals surface area (Å²) in [5.74, 6) is -0.318. The lowest BCUT2D eigenvalue weighted by Gasteiger charge is -2.23. The zero-order valence-corrected chi connectivity index (χ0v) is 19.1. The van der Waals surface area contributed by atoms with Gasteiger partial charge in [0, 0.05) is 37.8 Å². The monoisotopic (exact) mass is 451 g/mol. The Kier molecular flexibility index (Phi) is 6.91. The van der Waals surface area contributed by atoms with Crippen LogP contribution in [0, 0.1) is 23.1 Å². The standard InChI is InChI=1S/C25H30FN5O2/c1-30(2)9-10-31-8-7-17(14-23(31)32)16-3-4-18(22(26)13-16)11-21(15-27)29-25(33)24-19-5-6-20(12-19)28-24/h3-4,7-8,13-14,19-21,24,28H,5-6,9-12H2,1-2H3,(H,29,33)/t19-,20+,21-,24-/m0/s1. The molecule has 1 aromatic heterocycles. The first kappa shape index (κ1) is 23.1. The van der Waals surface area contributed by atoms with Crippen LogP contribution in [-0.2, 0) is 17.8 Å². The number of nitrogens with zero attached hydrogens (tertiary/aromatic N) is 3. The van der Waals surface area contributed by atoms with Gasteiger partial charge in [-0.2, -0.15) is 5.26 Å². The van der Waals surface area contributed by atoms with Gasteiger partial charge >= 0.3 is 0 Å². The topological polar surface area (TPSA) is 90.2 Å². The molecule has 1 aliphatic carbocycles. The molecular weight excluding hydrogens is 421 g/mol. The summed E-state index contributed by atoms with van der Waals surface area (Å²) in [6.07, 6.45) is 4.94. The van der Waals surface area contributed by atoms with Gasteiger partial charge in [-0.15, -0.1) is 0 Å². The molecule has 0 unspecified atom stereocenters. The molecule has 174 valence electrons. The molecule has 0 spiro atoms. The quantitative estimate of drug-likeness (QED) is 0.640. The number of hydrogen-bond donors (Lipinski definition) is 2. The molecule has 7 nitrogen and oxygen atoms in total. The fourth-order valence-electron chi connectivity index (χ4n) is 4.83.